The summed E-state index contributed by atoms with van der Waals surface area (Å²) in [6.45, 7) is 42.6. The van der Waals surface area contributed by atoms with Crippen LogP contribution in [0.2, 0.25) is 0 Å². The highest BCUT2D eigenvalue weighted by Gasteiger charge is 2.61. The first-order valence-electron chi connectivity index (χ1n) is 32.7. The van der Waals surface area contributed by atoms with Gasteiger partial charge in [-0.05, 0) is 128 Å². The van der Waals surface area contributed by atoms with Gasteiger partial charge >= 0.3 is 23.9 Å². The summed E-state index contributed by atoms with van der Waals surface area (Å²) in [5, 5.41) is 11.9. The molecule has 480 valence electrons. The number of carbonyl (C=O) groups excluding carboxylic acids is 8. The first-order chi connectivity index (χ1) is 41.3. The molecule has 4 fully saturated rings. The zero-order valence-corrected chi connectivity index (χ0v) is 54.8. The van der Waals surface area contributed by atoms with Crippen LogP contribution in [0.25, 0.3) is 0 Å². The highest BCUT2D eigenvalue weighted by Crippen LogP contribution is 2.59. The highest BCUT2D eigenvalue weighted by atomic mass is 16.6. The predicted octanol–water partition coefficient (Wildman–Crippen LogP) is 11.0. The van der Waals surface area contributed by atoms with E-state index in [-0.39, 0.29) is 71.9 Å². The van der Waals surface area contributed by atoms with Gasteiger partial charge in [0.15, 0.2) is 0 Å². The normalized spacial score (nSPS) is 41.8. The van der Waals surface area contributed by atoms with E-state index in [4.69, 9.17) is 18.9 Å². The van der Waals surface area contributed by atoms with Gasteiger partial charge in [0.05, 0.1) is 21.7 Å². The Morgan fingerprint density at radius 3 is 0.670 bits per heavy atom. The lowest BCUT2D eigenvalue weighted by Crippen LogP contribution is -2.49. The molecule has 0 aromatic rings. The number of esters is 4. The average molecular weight is 1210 g/mol. The number of hydrogen-bond acceptors (Lipinski definition) is 12. The number of cyclic esters (lactones) is 4. The van der Waals surface area contributed by atoms with Crippen LogP contribution >= 0.6 is 0 Å². The van der Waals surface area contributed by atoms with Crippen LogP contribution in [0.5, 0.6) is 0 Å². The molecule has 0 spiro atoms. The van der Waals surface area contributed by atoms with Crippen molar-refractivity contribution in [2.75, 3.05) is 26.2 Å². The van der Waals surface area contributed by atoms with Crippen LogP contribution in [0.1, 0.15) is 186 Å². The fourth-order valence-corrected chi connectivity index (χ4v) is 17.1. The molecule has 88 heavy (non-hydrogen) atoms. The lowest BCUT2D eigenvalue weighted by molar-refractivity contribution is -0.152. The average Bonchev–Trinajstić information content (AvgIpc) is 2.51. The van der Waals surface area contributed by atoms with E-state index < -0.39 is 43.3 Å². The Kier molecular flexibility index (Phi) is 18.1. The van der Waals surface area contributed by atoms with Crippen LogP contribution in [0.15, 0.2) is 95.2 Å². The number of hydrogen-bond donors (Lipinski definition) is 4. The van der Waals surface area contributed by atoms with Gasteiger partial charge in [-0.15, -0.1) is 26.3 Å². The van der Waals surface area contributed by atoms with Crippen LogP contribution < -0.4 is 21.3 Å². The van der Waals surface area contributed by atoms with Gasteiger partial charge in [0, 0.05) is 95.8 Å². The van der Waals surface area contributed by atoms with E-state index in [1.54, 1.807) is 24.3 Å². The van der Waals surface area contributed by atoms with Crippen LogP contribution in [0, 0.1) is 67.0 Å². The third-order valence-corrected chi connectivity index (χ3v) is 24.7. The fraction of sp³-hybridized carbons (Fsp3) is 0.667. The van der Waals surface area contributed by atoms with Gasteiger partial charge in [-0.3, -0.25) is 38.4 Å². The van der Waals surface area contributed by atoms with Gasteiger partial charge in [0.1, 0.15) is 24.4 Å². The summed E-state index contributed by atoms with van der Waals surface area (Å²) >= 11 is 0. The molecule has 8 aliphatic heterocycles. The third kappa shape index (κ3) is 10.8. The second kappa shape index (κ2) is 24.1. The van der Waals surface area contributed by atoms with Crippen LogP contribution in [0.4, 0.5) is 0 Å². The zero-order valence-electron chi connectivity index (χ0n) is 54.8. The minimum atomic E-state index is -0.642. The van der Waals surface area contributed by atoms with Crippen LogP contribution in [0.3, 0.4) is 0 Å². The summed E-state index contributed by atoms with van der Waals surface area (Å²) in [5.41, 5.74) is 4.34. The van der Waals surface area contributed by atoms with Gasteiger partial charge < -0.3 is 40.2 Å². The summed E-state index contributed by atoms with van der Waals surface area (Å²) in [6, 6.07) is 0. The first-order valence-corrected chi connectivity index (χ1v) is 32.7. The van der Waals surface area contributed by atoms with E-state index >= 15 is 0 Å². The quantitative estimate of drug-likeness (QED) is 0.101. The lowest BCUT2D eigenvalue weighted by atomic mass is 9.59. The van der Waals surface area contributed by atoms with Gasteiger partial charge in [0.2, 0.25) is 23.6 Å². The van der Waals surface area contributed by atoms with E-state index in [1.165, 1.54) is 22.3 Å². The number of rotatable bonds is 8. The zero-order chi connectivity index (χ0) is 64.5. The number of ether oxygens (including phenoxy) is 4. The van der Waals surface area contributed by atoms with Crippen molar-refractivity contribution in [2.24, 2.45) is 67.0 Å². The van der Waals surface area contributed by atoms with Gasteiger partial charge in [-0.25, -0.2) is 0 Å². The Morgan fingerprint density at radius 1 is 0.330 bits per heavy atom. The largest absolute Gasteiger partial charge is 0.461 e. The number of amides is 4. The van der Waals surface area contributed by atoms with Crippen molar-refractivity contribution >= 4 is 47.5 Å². The summed E-state index contributed by atoms with van der Waals surface area (Å²) in [6.07, 6.45) is 19.9. The topological polar surface area (TPSA) is 222 Å². The molecule has 16 heteroatoms. The second-order valence-electron chi connectivity index (χ2n) is 29.7. The Balaban J connectivity index is 0.000000140. The van der Waals surface area contributed by atoms with Crippen molar-refractivity contribution in [3.8, 4) is 0 Å². The molecular weight excluding hydrogens is 1110 g/mol. The maximum atomic E-state index is 12.5. The first kappa shape index (κ1) is 66.1. The standard InChI is InChI=1S/4C18H25NO3/c4*1-5-17(3)10-13(22-16(17)21)18(4)11(2)6-7-12-8-9-19-15(20)14(12)18/h4*5,11,13H,1,6-10H2,2-4H3,(H,19,20)/t4*11-,13-,17-,18+/m1111/s1. The smallest absolute Gasteiger partial charge is 0.316 e. The Morgan fingerprint density at radius 2 is 0.511 bits per heavy atom. The SMILES string of the molecule is C=C[C@]1(C)C[C@H]([C@@]2(C)C3=C(CCNC3=O)CC[C@H]2C)OC1=O.C=C[C@]1(C)C[C@H]([C@@]2(C)C3=C(CCNC3=O)CC[C@H]2C)OC1=O.C=C[C@]1(C)C[C@H]([C@@]2(C)C3=C(CCNC3=O)CC[C@H]2C)OC1=O.C=C[C@]1(C)C[C@H]([C@@]2(C)C3=C(CCNC3=O)CC[C@H]2C)OC1=O. The molecule has 4 saturated heterocycles. The van der Waals surface area contributed by atoms with E-state index in [0.29, 0.717) is 49.4 Å². The van der Waals surface area contributed by atoms with E-state index in [1.807, 2.05) is 27.7 Å². The molecule has 0 radical (unpaired) electrons. The Labute approximate surface area is 522 Å². The minimum absolute atomic E-state index is 0.0264. The van der Waals surface area contributed by atoms with Crippen molar-refractivity contribution in [3.63, 3.8) is 0 Å². The molecule has 4 N–H and O–H groups in total. The van der Waals surface area contributed by atoms with Crippen molar-refractivity contribution in [1.29, 1.82) is 0 Å². The summed E-state index contributed by atoms with van der Waals surface area (Å²) in [5.74, 6) is 0.457. The van der Waals surface area contributed by atoms with Crippen molar-refractivity contribution < 1.29 is 57.3 Å². The molecule has 8 heterocycles. The maximum Gasteiger partial charge on any atom is 0.316 e. The summed E-state index contributed by atoms with van der Waals surface area (Å²) < 4.78 is 23.0. The maximum absolute atomic E-state index is 12.5. The van der Waals surface area contributed by atoms with Crippen molar-refractivity contribution in [2.45, 2.75) is 210 Å². The van der Waals surface area contributed by atoms with Gasteiger partial charge in [-0.2, -0.15) is 0 Å². The van der Waals surface area contributed by atoms with E-state index in [2.05, 4.69) is 103 Å². The molecule has 0 aromatic heterocycles. The molecule has 16 nitrogen and oxygen atoms in total. The molecule has 0 saturated carbocycles. The van der Waals surface area contributed by atoms with Crippen molar-refractivity contribution in [3.05, 3.63) is 95.2 Å². The molecule has 0 aromatic carbocycles. The third-order valence-electron chi connectivity index (χ3n) is 24.7. The fourth-order valence-electron chi connectivity index (χ4n) is 17.1. The Hall–Kier alpha value is -6.32. The van der Waals surface area contributed by atoms with Crippen LogP contribution in [-0.2, 0) is 57.3 Å². The van der Waals surface area contributed by atoms with Gasteiger partial charge in [-0.1, -0.05) is 102 Å². The summed E-state index contributed by atoms with van der Waals surface area (Å²) in [7, 11) is 0. The highest BCUT2D eigenvalue weighted by molar-refractivity contribution is 5.99. The van der Waals surface area contributed by atoms with Crippen molar-refractivity contribution in [1.82, 2.24) is 21.3 Å². The van der Waals surface area contributed by atoms with E-state index in [0.717, 1.165) is 126 Å². The lowest BCUT2D eigenvalue weighted by Gasteiger charge is -2.46. The molecule has 4 amide bonds. The predicted molar refractivity (Wildman–Crippen MR) is 336 cm³/mol. The van der Waals surface area contributed by atoms with Crippen LogP contribution in [-0.4, -0.2) is 98.1 Å². The number of carbonyl (C=O) groups is 8. The number of nitrogens with one attached hydrogen (secondary N) is 4. The molecule has 0 bridgehead atoms. The molecule has 4 aliphatic carbocycles. The monoisotopic (exact) mass is 1210 g/mol. The van der Waals surface area contributed by atoms with Gasteiger partial charge in [0.25, 0.3) is 0 Å². The Bertz CT molecular complexity index is 2720. The molecule has 16 atom stereocenters. The minimum Gasteiger partial charge on any atom is -0.461 e. The van der Waals surface area contributed by atoms with E-state index in [9.17, 15) is 38.4 Å². The molecule has 0 unspecified atom stereocenters. The summed E-state index contributed by atoms with van der Waals surface area (Å²) in [4.78, 5) is 99.2. The molecular formula is C72H100N4O12. The molecule has 12 aliphatic rings. The second-order valence-corrected chi connectivity index (χ2v) is 29.7. The molecule has 12 rings (SSSR count).